The van der Waals surface area contributed by atoms with Crippen LogP contribution in [0.3, 0.4) is 0 Å². The Kier molecular flexibility index (Phi) is 3.08. The summed E-state index contributed by atoms with van der Waals surface area (Å²) < 4.78 is 19.9. The van der Waals surface area contributed by atoms with E-state index in [0.717, 1.165) is 44.9 Å². The van der Waals surface area contributed by atoms with Gasteiger partial charge >= 0.3 is 0 Å². The highest BCUT2D eigenvalue weighted by molar-refractivity contribution is 5.42. The molecule has 0 bridgehead atoms. The quantitative estimate of drug-likeness (QED) is 0.913. The van der Waals surface area contributed by atoms with Crippen LogP contribution in [0.5, 0.6) is 0 Å². The molecule has 0 amide bonds. The van der Waals surface area contributed by atoms with E-state index in [2.05, 4.69) is 5.32 Å². The van der Waals surface area contributed by atoms with Crippen LogP contribution in [0.15, 0.2) is 18.2 Å². The van der Waals surface area contributed by atoms with Crippen molar-refractivity contribution in [2.75, 3.05) is 19.7 Å². The second kappa shape index (κ2) is 4.81. The van der Waals surface area contributed by atoms with E-state index < -0.39 is 0 Å². The summed E-state index contributed by atoms with van der Waals surface area (Å²) in [5.74, 6) is 0.674. The molecule has 1 saturated carbocycles. The van der Waals surface area contributed by atoms with Crippen LogP contribution in [0.1, 0.15) is 49.3 Å². The second-order valence-corrected chi connectivity index (χ2v) is 6.73. The van der Waals surface area contributed by atoms with Crippen molar-refractivity contribution in [3.63, 3.8) is 0 Å². The first-order valence-electron chi connectivity index (χ1n) is 7.89. The fourth-order valence-electron chi connectivity index (χ4n) is 3.91. The van der Waals surface area contributed by atoms with Crippen molar-refractivity contribution in [1.82, 2.24) is 5.32 Å². The zero-order valence-electron chi connectivity index (χ0n) is 11.8. The molecule has 1 aromatic rings. The molecule has 4 rings (SSSR count). The van der Waals surface area contributed by atoms with Gasteiger partial charge < -0.3 is 10.1 Å². The van der Waals surface area contributed by atoms with E-state index in [-0.39, 0.29) is 17.3 Å². The van der Waals surface area contributed by atoms with Gasteiger partial charge in [-0.15, -0.1) is 0 Å². The van der Waals surface area contributed by atoms with Gasteiger partial charge in [-0.1, -0.05) is 6.07 Å². The minimum Gasteiger partial charge on any atom is -0.373 e. The molecule has 108 valence electrons. The Morgan fingerprint density at radius 3 is 2.80 bits per heavy atom. The molecule has 3 aliphatic rings. The summed E-state index contributed by atoms with van der Waals surface area (Å²) in [6, 6.07) is 5.31. The van der Waals surface area contributed by atoms with Gasteiger partial charge in [0.05, 0.1) is 12.7 Å². The van der Waals surface area contributed by atoms with Crippen LogP contribution < -0.4 is 5.32 Å². The third-order valence-electron chi connectivity index (χ3n) is 5.30. The number of hydrogen-bond donors (Lipinski definition) is 1. The summed E-state index contributed by atoms with van der Waals surface area (Å²) in [6.45, 7) is 2.95. The van der Waals surface area contributed by atoms with Crippen LogP contribution in [-0.4, -0.2) is 19.7 Å². The minimum absolute atomic E-state index is 0.107. The van der Waals surface area contributed by atoms with Crippen LogP contribution in [0.4, 0.5) is 4.39 Å². The Hall–Kier alpha value is -0.930. The first kappa shape index (κ1) is 12.8. The van der Waals surface area contributed by atoms with Crippen molar-refractivity contribution in [3.8, 4) is 0 Å². The Labute approximate surface area is 119 Å². The van der Waals surface area contributed by atoms with Gasteiger partial charge in [0.25, 0.3) is 0 Å². The van der Waals surface area contributed by atoms with Gasteiger partial charge in [0.1, 0.15) is 5.82 Å². The molecule has 2 aliphatic carbocycles. The zero-order chi connectivity index (χ0) is 13.6. The van der Waals surface area contributed by atoms with Crippen molar-refractivity contribution < 1.29 is 9.13 Å². The number of hydrogen-bond acceptors (Lipinski definition) is 2. The SMILES string of the molecule is Fc1ccc2c(c1)C1(CCNCC1)C[C@@H]2OCC1CC1. The van der Waals surface area contributed by atoms with Crippen LogP contribution >= 0.6 is 0 Å². The summed E-state index contributed by atoms with van der Waals surface area (Å²) in [5, 5.41) is 3.42. The van der Waals surface area contributed by atoms with Gasteiger partial charge in [0, 0.05) is 5.41 Å². The van der Waals surface area contributed by atoms with Crippen molar-refractivity contribution in [2.24, 2.45) is 5.92 Å². The maximum Gasteiger partial charge on any atom is 0.123 e. The van der Waals surface area contributed by atoms with Crippen molar-refractivity contribution in [2.45, 2.75) is 43.6 Å². The first-order valence-corrected chi connectivity index (χ1v) is 7.89. The van der Waals surface area contributed by atoms with Crippen LogP contribution in [0.2, 0.25) is 0 Å². The lowest BCUT2D eigenvalue weighted by Gasteiger charge is -2.35. The van der Waals surface area contributed by atoms with Crippen molar-refractivity contribution in [3.05, 3.63) is 35.1 Å². The molecule has 1 saturated heterocycles. The number of halogens is 1. The molecule has 3 heteroatoms. The molecule has 1 spiro atoms. The number of fused-ring (bicyclic) bond motifs is 2. The predicted molar refractivity (Wildman–Crippen MR) is 76.2 cm³/mol. The monoisotopic (exact) mass is 275 g/mol. The van der Waals surface area contributed by atoms with Gasteiger partial charge in [0.15, 0.2) is 0 Å². The molecular weight excluding hydrogens is 253 g/mol. The normalized spacial score (nSPS) is 27.8. The standard InChI is InChI=1S/C17H22FNO/c18-13-3-4-14-15(9-13)17(5-7-19-8-6-17)10-16(14)20-11-12-1-2-12/h3-4,9,12,16,19H,1-2,5-8,10-11H2/t16-/m0/s1. The minimum atomic E-state index is -0.107. The van der Waals surface area contributed by atoms with Gasteiger partial charge in [-0.25, -0.2) is 4.39 Å². The van der Waals surface area contributed by atoms with Gasteiger partial charge in [-0.3, -0.25) is 0 Å². The summed E-state index contributed by atoms with van der Waals surface area (Å²) in [6.07, 6.45) is 6.07. The lowest BCUT2D eigenvalue weighted by atomic mass is 9.74. The Balaban J connectivity index is 1.64. The van der Waals surface area contributed by atoms with E-state index in [0.29, 0.717) is 0 Å². The Bertz CT molecular complexity index is 506. The highest BCUT2D eigenvalue weighted by Gasteiger charge is 2.45. The van der Waals surface area contributed by atoms with E-state index >= 15 is 0 Å². The topological polar surface area (TPSA) is 21.3 Å². The van der Waals surface area contributed by atoms with Crippen molar-refractivity contribution >= 4 is 0 Å². The number of benzene rings is 1. The number of piperidine rings is 1. The second-order valence-electron chi connectivity index (χ2n) is 6.73. The molecule has 2 fully saturated rings. The van der Waals surface area contributed by atoms with E-state index in [1.54, 1.807) is 12.1 Å². The largest absolute Gasteiger partial charge is 0.373 e. The van der Waals surface area contributed by atoms with Gasteiger partial charge in [-0.2, -0.15) is 0 Å². The third-order valence-corrected chi connectivity index (χ3v) is 5.30. The molecule has 0 radical (unpaired) electrons. The summed E-state index contributed by atoms with van der Waals surface area (Å²) >= 11 is 0. The van der Waals surface area contributed by atoms with Crippen LogP contribution in [-0.2, 0) is 10.2 Å². The smallest absolute Gasteiger partial charge is 0.123 e. The van der Waals surface area contributed by atoms with Gasteiger partial charge in [-0.05, 0) is 74.4 Å². The molecule has 2 nitrogen and oxygen atoms in total. The van der Waals surface area contributed by atoms with E-state index in [9.17, 15) is 4.39 Å². The molecular formula is C17H22FNO. The van der Waals surface area contributed by atoms with Crippen LogP contribution in [0, 0.1) is 11.7 Å². The molecule has 1 N–H and O–H groups in total. The van der Waals surface area contributed by atoms with Gasteiger partial charge in [0.2, 0.25) is 0 Å². The summed E-state index contributed by atoms with van der Waals surface area (Å²) in [7, 11) is 0. The average Bonchev–Trinajstić information content (AvgIpc) is 3.25. The number of ether oxygens (including phenoxy) is 1. The van der Waals surface area contributed by atoms with Crippen molar-refractivity contribution in [1.29, 1.82) is 0 Å². The highest BCUT2D eigenvalue weighted by Crippen LogP contribution is 2.51. The fourth-order valence-corrected chi connectivity index (χ4v) is 3.91. The first-order chi connectivity index (χ1) is 9.77. The van der Waals surface area contributed by atoms with E-state index in [1.807, 2.05) is 6.07 Å². The molecule has 1 atom stereocenters. The molecule has 20 heavy (non-hydrogen) atoms. The Morgan fingerprint density at radius 2 is 2.05 bits per heavy atom. The maximum atomic E-state index is 13.7. The molecule has 1 aromatic carbocycles. The summed E-state index contributed by atoms with van der Waals surface area (Å²) in [5.41, 5.74) is 2.62. The van der Waals surface area contributed by atoms with E-state index in [4.69, 9.17) is 4.74 Å². The number of rotatable bonds is 3. The predicted octanol–water partition coefficient (Wildman–Crippen LogP) is 3.32. The zero-order valence-corrected chi connectivity index (χ0v) is 11.8. The molecule has 1 heterocycles. The van der Waals surface area contributed by atoms with Crippen LogP contribution in [0.25, 0.3) is 0 Å². The lowest BCUT2D eigenvalue weighted by molar-refractivity contribution is 0.0321. The molecule has 0 unspecified atom stereocenters. The highest BCUT2D eigenvalue weighted by atomic mass is 19.1. The Morgan fingerprint density at radius 1 is 1.25 bits per heavy atom. The number of nitrogens with one attached hydrogen (secondary N) is 1. The fraction of sp³-hybridized carbons (Fsp3) is 0.647. The van der Waals surface area contributed by atoms with E-state index in [1.165, 1.54) is 24.0 Å². The maximum absolute atomic E-state index is 13.7. The lowest BCUT2D eigenvalue weighted by Crippen LogP contribution is -2.38. The summed E-state index contributed by atoms with van der Waals surface area (Å²) in [4.78, 5) is 0. The molecule has 1 aliphatic heterocycles. The third kappa shape index (κ3) is 2.17. The molecule has 0 aromatic heterocycles. The average molecular weight is 275 g/mol.